The average Bonchev–Trinajstić information content (AvgIpc) is 3.19. The summed E-state index contributed by atoms with van der Waals surface area (Å²) < 4.78 is 5.38. The largest absolute Gasteiger partial charge is 0.467 e. The highest BCUT2D eigenvalue weighted by molar-refractivity contribution is 5.94. The van der Waals surface area contributed by atoms with Crippen LogP contribution in [-0.4, -0.2) is 59.5 Å². The van der Waals surface area contributed by atoms with E-state index in [1.54, 1.807) is 12.5 Å². The summed E-state index contributed by atoms with van der Waals surface area (Å²) in [7, 11) is 1.96. The molecular weight excluding hydrogens is 340 g/mol. The molecule has 0 aromatic carbocycles. The Morgan fingerprint density at radius 2 is 2.15 bits per heavy atom. The highest BCUT2D eigenvalue weighted by Crippen LogP contribution is 2.19. The molecule has 1 aliphatic rings. The van der Waals surface area contributed by atoms with Crippen LogP contribution in [0.2, 0.25) is 0 Å². The van der Waals surface area contributed by atoms with Crippen molar-refractivity contribution in [2.24, 2.45) is 0 Å². The molecule has 1 atom stereocenters. The second-order valence-corrected chi connectivity index (χ2v) is 7.49. The van der Waals surface area contributed by atoms with E-state index in [2.05, 4.69) is 30.7 Å². The van der Waals surface area contributed by atoms with Gasteiger partial charge in [0.25, 0.3) is 5.91 Å². The molecule has 1 saturated heterocycles. The van der Waals surface area contributed by atoms with Crippen LogP contribution in [0.3, 0.4) is 0 Å². The van der Waals surface area contributed by atoms with Crippen LogP contribution in [0.1, 0.15) is 43.3 Å². The maximum Gasteiger partial charge on any atom is 0.255 e. The number of carbonyl (C=O) groups is 1. The van der Waals surface area contributed by atoms with Crippen molar-refractivity contribution in [2.45, 2.75) is 45.8 Å². The zero-order valence-corrected chi connectivity index (χ0v) is 16.8. The maximum absolute atomic E-state index is 12.9. The second-order valence-electron chi connectivity index (χ2n) is 7.49. The van der Waals surface area contributed by atoms with E-state index in [1.807, 2.05) is 41.1 Å². The van der Waals surface area contributed by atoms with Crippen LogP contribution in [-0.2, 0) is 6.54 Å². The number of piperazine rings is 1. The fourth-order valence-corrected chi connectivity index (χ4v) is 3.74. The molecule has 0 saturated carbocycles. The van der Waals surface area contributed by atoms with Crippen LogP contribution in [0.5, 0.6) is 0 Å². The van der Waals surface area contributed by atoms with Gasteiger partial charge >= 0.3 is 0 Å². The van der Waals surface area contributed by atoms with Crippen molar-refractivity contribution in [3.8, 4) is 0 Å². The lowest BCUT2D eigenvalue weighted by molar-refractivity contribution is 0.0371. The number of rotatable bonds is 6. The highest BCUT2D eigenvalue weighted by Gasteiger charge is 2.30. The van der Waals surface area contributed by atoms with Gasteiger partial charge in [0.15, 0.2) is 0 Å². The van der Waals surface area contributed by atoms with E-state index in [4.69, 9.17) is 4.42 Å². The van der Waals surface area contributed by atoms with Crippen molar-refractivity contribution in [1.82, 2.24) is 14.8 Å². The molecule has 2 aromatic rings. The first-order valence-corrected chi connectivity index (χ1v) is 9.74. The average molecular weight is 370 g/mol. The van der Waals surface area contributed by atoms with E-state index in [-0.39, 0.29) is 5.91 Å². The number of anilines is 1. The minimum Gasteiger partial charge on any atom is -0.467 e. The molecule has 0 radical (unpaired) electrons. The van der Waals surface area contributed by atoms with Gasteiger partial charge in [-0.2, -0.15) is 0 Å². The van der Waals surface area contributed by atoms with Crippen molar-refractivity contribution in [1.29, 1.82) is 0 Å². The number of amides is 1. The second kappa shape index (κ2) is 8.57. The summed E-state index contributed by atoms with van der Waals surface area (Å²) in [6, 6.07) is 8.53. The van der Waals surface area contributed by atoms with Crippen LogP contribution in [0, 0.1) is 0 Å². The van der Waals surface area contributed by atoms with E-state index in [0.717, 1.165) is 37.6 Å². The Balaban J connectivity index is 1.63. The molecule has 6 nitrogen and oxygen atoms in total. The van der Waals surface area contributed by atoms with Crippen molar-refractivity contribution >= 4 is 11.7 Å². The standard InChI is InChI=1S/C21H30N4O2/c1-5-18-14-24(10-11-25(18)16(2)3)21(26)17-8-9-20(22-13-17)23(4)15-19-7-6-12-27-19/h6-9,12-13,16,18H,5,10-11,14-15H2,1-4H3. The summed E-state index contributed by atoms with van der Waals surface area (Å²) in [5.74, 6) is 1.77. The van der Waals surface area contributed by atoms with Gasteiger partial charge in [0.2, 0.25) is 0 Å². The molecule has 0 N–H and O–H groups in total. The van der Waals surface area contributed by atoms with Crippen LogP contribution in [0.4, 0.5) is 5.82 Å². The van der Waals surface area contributed by atoms with Gasteiger partial charge in [-0.15, -0.1) is 0 Å². The molecule has 27 heavy (non-hydrogen) atoms. The molecule has 146 valence electrons. The van der Waals surface area contributed by atoms with E-state index in [0.29, 0.717) is 24.2 Å². The Morgan fingerprint density at radius 3 is 2.74 bits per heavy atom. The Bertz CT molecular complexity index is 727. The van der Waals surface area contributed by atoms with Crippen molar-refractivity contribution in [3.63, 3.8) is 0 Å². The zero-order chi connectivity index (χ0) is 19.4. The number of nitrogens with zero attached hydrogens (tertiary/aromatic N) is 4. The zero-order valence-electron chi connectivity index (χ0n) is 16.8. The summed E-state index contributed by atoms with van der Waals surface area (Å²) in [5.41, 5.74) is 0.651. The van der Waals surface area contributed by atoms with Crippen LogP contribution in [0.25, 0.3) is 0 Å². The number of carbonyl (C=O) groups excluding carboxylic acids is 1. The molecule has 0 spiro atoms. The number of aromatic nitrogens is 1. The summed E-state index contributed by atoms with van der Waals surface area (Å²) in [5, 5.41) is 0. The number of hydrogen-bond acceptors (Lipinski definition) is 5. The quantitative estimate of drug-likeness (QED) is 0.781. The first kappa shape index (κ1) is 19.4. The van der Waals surface area contributed by atoms with Crippen LogP contribution >= 0.6 is 0 Å². The van der Waals surface area contributed by atoms with Crippen molar-refractivity contribution in [3.05, 3.63) is 48.0 Å². The molecule has 2 aromatic heterocycles. The predicted molar refractivity (Wildman–Crippen MR) is 107 cm³/mol. The molecule has 3 rings (SSSR count). The van der Waals surface area contributed by atoms with Gasteiger partial charge < -0.3 is 14.2 Å². The fraction of sp³-hybridized carbons (Fsp3) is 0.524. The van der Waals surface area contributed by atoms with Crippen LogP contribution in [0.15, 0.2) is 41.1 Å². The molecule has 1 unspecified atom stereocenters. The minimum absolute atomic E-state index is 0.0737. The third kappa shape index (κ3) is 4.50. The lowest BCUT2D eigenvalue weighted by Crippen LogP contribution is -2.56. The Hall–Kier alpha value is -2.34. The lowest BCUT2D eigenvalue weighted by Gasteiger charge is -2.43. The van der Waals surface area contributed by atoms with Gasteiger partial charge in [0.1, 0.15) is 11.6 Å². The van der Waals surface area contributed by atoms with Crippen molar-refractivity contribution in [2.75, 3.05) is 31.6 Å². The normalized spacial score (nSPS) is 18.1. The summed E-state index contributed by atoms with van der Waals surface area (Å²) >= 11 is 0. The molecule has 3 heterocycles. The van der Waals surface area contributed by atoms with E-state index in [9.17, 15) is 4.79 Å². The highest BCUT2D eigenvalue weighted by atomic mass is 16.3. The van der Waals surface area contributed by atoms with Gasteiger partial charge in [-0.1, -0.05) is 6.92 Å². The third-order valence-corrected chi connectivity index (χ3v) is 5.31. The summed E-state index contributed by atoms with van der Waals surface area (Å²) in [4.78, 5) is 23.9. The van der Waals surface area contributed by atoms with Gasteiger partial charge in [0, 0.05) is 45.0 Å². The van der Waals surface area contributed by atoms with Gasteiger partial charge in [0.05, 0.1) is 18.4 Å². The summed E-state index contributed by atoms with van der Waals surface area (Å²) in [6.07, 6.45) is 4.41. The number of hydrogen-bond donors (Lipinski definition) is 0. The van der Waals surface area contributed by atoms with E-state index < -0.39 is 0 Å². The third-order valence-electron chi connectivity index (χ3n) is 5.31. The maximum atomic E-state index is 12.9. The smallest absolute Gasteiger partial charge is 0.255 e. The van der Waals surface area contributed by atoms with E-state index >= 15 is 0 Å². The molecule has 1 amide bonds. The summed E-state index contributed by atoms with van der Waals surface area (Å²) in [6.45, 7) is 9.77. The van der Waals surface area contributed by atoms with Gasteiger partial charge in [-0.25, -0.2) is 4.98 Å². The lowest BCUT2D eigenvalue weighted by atomic mass is 10.1. The predicted octanol–water partition coefficient (Wildman–Crippen LogP) is 3.26. The fourth-order valence-electron chi connectivity index (χ4n) is 3.74. The number of pyridine rings is 1. The minimum atomic E-state index is 0.0737. The SMILES string of the molecule is CCC1CN(C(=O)c2ccc(N(C)Cc3ccco3)nc2)CCN1C(C)C. The first-order chi connectivity index (χ1) is 13.0. The molecule has 0 aliphatic carbocycles. The molecule has 0 bridgehead atoms. The van der Waals surface area contributed by atoms with Crippen LogP contribution < -0.4 is 4.90 Å². The van der Waals surface area contributed by atoms with Crippen molar-refractivity contribution < 1.29 is 9.21 Å². The van der Waals surface area contributed by atoms with Gasteiger partial charge in [-0.05, 0) is 44.5 Å². The van der Waals surface area contributed by atoms with E-state index in [1.165, 1.54) is 0 Å². The number of furan rings is 1. The topological polar surface area (TPSA) is 52.8 Å². The Morgan fingerprint density at radius 1 is 1.33 bits per heavy atom. The van der Waals surface area contributed by atoms with Gasteiger partial charge in [-0.3, -0.25) is 9.69 Å². The Kier molecular flexibility index (Phi) is 6.16. The Labute approximate surface area is 161 Å². The molecule has 1 fully saturated rings. The molecular formula is C21H30N4O2. The monoisotopic (exact) mass is 370 g/mol. The molecule has 1 aliphatic heterocycles. The first-order valence-electron chi connectivity index (χ1n) is 9.74. The molecule has 6 heteroatoms.